The average molecular weight is 362 g/mol. The lowest BCUT2D eigenvalue weighted by atomic mass is 10.1. The number of benzene rings is 1. The lowest BCUT2D eigenvalue weighted by Gasteiger charge is -2.20. The van der Waals surface area contributed by atoms with Crippen LogP contribution in [0.25, 0.3) is 11.1 Å². The minimum atomic E-state index is -0.0147. The first kappa shape index (κ1) is 14.5. The van der Waals surface area contributed by atoms with Gasteiger partial charge in [-0.2, -0.15) is 5.10 Å². The lowest BCUT2D eigenvalue weighted by molar-refractivity contribution is 0.460. The SMILES string of the molecule is CC(N)C(c1cc(Br)cs1)n1cc(-c2ccccc2)cn1. The Morgan fingerprint density at radius 1 is 1.24 bits per heavy atom. The van der Waals surface area contributed by atoms with Gasteiger partial charge in [-0.1, -0.05) is 30.3 Å². The topological polar surface area (TPSA) is 43.8 Å². The van der Waals surface area contributed by atoms with Crippen molar-refractivity contribution in [1.82, 2.24) is 9.78 Å². The zero-order valence-corrected chi connectivity index (χ0v) is 14.0. The summed E-state index contributed by atoms with van der Waals surface area (Å²) in [5.41, 5.74) is 8.46. The fourth-order valence-corrected chi connectivity index (χ4v) is 4.04. The molecule has 0 bridgehead atoms. The minimum Gasteiger partial charge on any atom is -0.326 e. The third-order valence-electron chi connectivity index (χ3n) is 3.37. The van der Waals surface area contributed by atoms with Crippen LogP contribution in [-0.2, 0) is 0 Å². The quantitative estimate of drug-likeness (QED) is 0.752. The van der Waals surface area contributed by atoms with Gasteiger partial charge in [0.2, 0.25) is 0 Å². The predicted molar refractivity (Wildman–Crippen MR) is 91.5 cm³/mol. The second-order valence-corrected chi connectivity index (χ2v) is 6.90. The number of nitrogens with two attached hydrogens (primary N) is 1. The van der Waals surface area contributed by atoms with Gasteiger partial charge in [-0.05, 0) is 34.5 Å². The molecule has 0 spiro atoms. The molecule has 1 aromatic carbocycles. The molecule has 3 aromatic rings. The molecule has 0 radical (unpaired) electrons. The first-order chi connectivity index (χ1) is 10.1. The monoisotopic (exact) mass is 361 g/mol. The van der Waals surface area contributed by atoms with Crippen molar-refractivity contribution < 1.29 is 0 Å². The molecular weight excluding hydrogens is 346 g/mol. The van der Waals surface area contributed by atoms with Crippen molar-refractivity contribution >= 4 is 27.3 Å². The van der Waals surface area contributed by atoms with Crippen LogP contribution in [0.4, 0.5) is 0 Å². The van der Waals surface area contributed by atoms with Crippen molar-refractivity contribution in [3.63, 3.8) is 0 Å². The molecular formula is C16H16BrN3S. The Morgan fingerprint density at radius 2 is 2.00 bits per heavy atom. The molecule has 2 aromatic heterocycles. The zero-order valence-electron chi connectivity index (χ0n) is 11.6. The van der Waals surface area contributed by atoms with E-state index in [1.165, 1.54) is 10.4 Å². The fraction of sp³-hybridized carbons (Fsp3) is 0.188. The third kappa shape index (κ3) is 3.10. The molecule has 3 rings (SSSR count). The van der Waals surface area contributed by atoms with Crippen molar-refractivity contribution in [2.75, 3.05) is 0 Å². The smallest absolute Gasteiger partial charge is 0.101 e. The van der Waals surface area contributed by atoms with E-state index in [2.05, 4.69) is 50.8 Å². The first-order valence-electron chi connectivity index (χ1n) is 6.74. The van der Waals surface area contributed by atoms with Crippen molar-refractivity contribution in [1.29, 1.82) is 0 Å². The summed E-state index contributed by atoms with van der Waals surface area (Å²) in [6, 6.07) is 12.4. The third-order valence-corrected chi connectivity index (χ3v) is 5.14. The van der Waals surface area contributed by atoms with Crippen molar-refractivity contribution in [3.8, 4) is 11.1 Å². The van der Waals surface area contributed by atoms with Gasteiger partial charge in [-0.15, -0.1) is 11.3 Å². The summed E-state index contributed by atoms with van der Waals surface area (Å²) in [6.45, 7) is 2.02. The van der Waals surface area contributed by atoms with Gasteiger partial charge in [0.1, 0.15) is 6.04 Å². The molecule has 2 unspecified atom stereocenters. The van der Waals surface area contributed by atoms with Crippen LogP contribution in [0.3, 0.4) is 0 Å². The van der Waals surface area contributed by atoms with Crippen LogP contribution in [0.1, 0.15) is 17.8 Å². The van der Waals surface area contributed by atoms with Crippen LogP contribution in [0, 0.1) is 0 Å². The predicted octanol–water partition coefficient (Wildman–Crippen LogP) is 4.31. The maximum atomic E-state index is 6.19. The van der Waals surface area contributed by atoms with Crippen molar-refractivity contribution in [2.45, 2.75) is 19.0 Å². The average Bonchev–Trinajstić information content (AvgIpc) is 3.10. The molecule has 0 aliphatic rings. The summed E-state index contributed by atoms with van der Waals surface area (Å²) in [7, 11) is 0. The summed E-state index contributed by atoms with van der Waals surface area (Å²) in [4.78, 5) is 1.21. The molecule has 2 N–H and O–H groups in total. The maximum absolute atomic E-state index is 6.19. The molecule has 108 valence electrons. The summed E-state index contributed by atoms with van der Waals surface area (Å²) < 4.78 is 3.05. The van der Waals surface area contributed by atoms with Gasteiger partial charge in [-0.3, -0.25) is 4.68 Å². The first-order valence-corrected chi connectivity index (χ1v) is 8.41. The minimum absolute atomic E-state index is 0.0147. The van der Waals surface area contributed by atoms with Crippen LogP contribution >= 0.6 is 27.3 Å². The number of halogens is 1. The number of hydrogen-bond acceptors (Lipinski definition) is 3. The van der Waals surface area contributed by atoms with E-state index in [0.29, 0.717) is 0 Å². The Balaban J connectivity index is 1.96. The molecule has 0 fully saturated rings. The van der Waals surface area contributed by atoms with Crippen molar-refractivity contribution in [3.05, 3.63) is 63.5 Å². The summed E-state index contributed by atoms with van der Waals surface area (Å²) in [5, 5.41) is 6.60. The normalized spacial score (nSPS) is 14.0. The van der Waals surface area contributed by atoms with Gasteiger partial charge in [-0.25, -0.2) is 0 Å². The van der Waals surface area contributed by atoms with E-state index in [9.17, 15) is 0 Å². The highest BCUT2D eigenvalue weighted by molar-refractivity contribution is 9.10. The molecule has 2 heterocycles. The van der Waals surface area contributed by atoms with Crippen LogP contribution in [-0.4, -0.2) is 15.8 Å². The Hall–Kier alpha value is -1.43. The van der Waals surface area contributed by atoms with E-state index in [1.807, 2.05) is 36.0 Å². The maximum Gasteiger partial charge on any atom is 0.101 e. The number of aromatic nitrogens is 2. The van der Waals surface area contributed by atoms with E-state index in [0.717, 1.165) is 10.0 Å². The molecule has 0 saturated heterocycles. The summed E-state index contributed by atoms with van der Waals surface area (Å²) >= 11 is 5.20. The van der Waals surface area contributed by atoms with Gasteiger partial charge in [0, 0.05) is 32.5 Å². The van der Waals surface area contributed by atoms with Crippen LogP contribution in [0.15, 0.2) is 58.6 Å². The van der Waals surface area contributed by atoms with E-state index in [4.69, 9.17) is 5.73 Å². The molecule has 21 heavy (non-hydrogen) atoms. The molecule has 0 aliphatic heterocycles. The van der Waals surface area contributed by atoms with Gasteiger partial charge in [0.15, 0.2) is 0 Å². The highest BCUT2D eigenvalue weighted by atomic mass is 79.9. The highest BCUT2D eigenvalue weighted by Crippen LogP contribution is 2.30. The Labute approximate surface area is 136 Å². The molecule has 3 nitrogen and oxygen atoms in total. The Bertz CT molecular complexity index is 718. The lowest BCUT2D eigenvalue weighted by Crippen LogP contribution is -2.29. The number of nitrogens with zero attached hydrogens (tertiary/aromatic N) is 2. The zero-order chi connectivity index (χ0) is 14.8. The Morgan fingerprint density at radius 3 is 2.62 bits per heavy atom. The second kappa shape index (κ2) is 6.13. The standard InChI is InChI=1S/C16H16BrN3S/c1-11(18)16(15-7-14(17)10-21-15)20-9-13(8-19-20)12-5-3-2-4-6-12/h2-11,16H,18H2,1H3. The number of rotatable bonds is 4. The van der Waals surface area contributed by atoms with Gasteiger partial charge >= 0.3 is 0 Å². The molecule has 2 atom stereocenters. The second-order valence-electron chi connectivity index (χ2n) is 5.05. The van der Waals surface area contributed by atoms with Crippen LogP contribution in [0.5, 0.6) is 0 Å². The van der Waals surface area contributed by atoms with E-state index >= 15 is 0 Å². The van der Waals surface area contributed by atoms with Gasteiger partial charge < -0.3 is 5.73 Å². The molecule has 5 heteroatoms. The van der Waals surface area contributed by atoms with Gasteiger partial charge in [0.25, 0.3) is 0 Å². The summed E-state index contributed by atoms with van der Waals surface area (Å²) in [5.74, 6) is 0. The van der Waals surface area contributed by atoms with E-state index < -0.39 is 0 Å². The van der Waals surface area contributed by atoms with E-state index in [-0.39, 0.29) is 12.1 Å². The fourth-order valence-electron chi connectivity index (χ4n) is 2.38. The molecule has 0 amide bonds. The molecule has 0 aliphatic carbocycles. The Kier molecular flexibility index (Phi) is 4.24. The van der Waals surface area contributed by atoms with E-state index in [1.54, 1.807) is 11.3 Å². The number of thiophene rings is 1. The largest absolute Gasteiger partial charge is 0.326 e. The number of hydrogen-bond donors (Lipinski definition) is 1. The van der Waals surface area contributed by atoms with Crippen LogP contribution < -0.4 is 5.73 Å². The van der Waals surface area contributed by atoms with Crippen LogP contribution in [0.2, 0.25) is 0 Å². The highest BCUT2D eigenvalue weighted by Gasteiger charge is 2.21. The van der Waals surface area contributed by atoms with Gasteiger partial charge in [0.05, 0.1) is 6.20 Å². The summed E-state index contributed by atoms with van der Waals surface area (Å²) in [6.07, 6.45) is 3.96. The molecule has 0 saturated carbocycles. The van der Waals surface area contributed by atoms with Crippen molar-refractivity contribution in [2.24, 2.45) is 5.73 Å².